The Morgan fingerprint density at radius 1 is 1.09 bits per heavy atom. The summed E-state index contributed by atoms with van der Waals surface area (Å²) in [6, 6.07) is 7.29. The molecule has 3 rings (SSSR count). The average molecular weight is 492 g/mol. The van der Waals surface area contributed by atoms with Crippen molar-refractivity contribution < 1.29 is 39.5 Å². The van der Waals surface area contributed by atoms with E-state index in [1.165, 1.54) is 24.8 Å². The first kappa shape index (κ1) is 26.3. The van der Waals surface area contributed by atoms with Gasteiger partial charge in [-0.15, -0.1) is 0 Å². The van der Waals surface area contributed by atoms with Crippen LogP contribution in [0.25, 0.3) is 0 Å². The van der Waals surface area contributed by atoms with Crippen molar-refractivity contribution in [2.45, 2.75) is 55.7 Å². The Morgan fingerprint density at radius 3 is 2.22 bits per heavy atom. The lowest BCUT2D eigenvalue weighted by atomic mass is 9.77. The van der Waals surface area contributed by atoms with E-state index in [2.05, 4.69) is 11.4 Å². The number of halogens is 2. The van der Waals surface area contributed by atoms with Gasteiger partial charge >= 0.3 is 17.9 Å². The molecule has 2 fully saturated rings. The van der Waals surface area contributed by atoms with E-state index in [4.69, 9.17) is 48.4 Å². The average Bonchev–Trinajstić information content (AvgIpc) is 3.07. The molecule has 2 heterocycles. The molecule has 11 heteroatoms. The first-order valence-electron chi connectivity index (χ1n) is 10.1. The second kappa shape index (κ2) is 11.3. The normalized spacial score (nSPS) is 24.4. The highest BCUT2D eigenvalue weighted by Crippen LogP contribution is 2.42. The summed E-state index contributed by atoms with van der Waals surface area (Å²) in [5.74, 6) is -3.97. The molecule has 4 atom stereocenters. The van der Waals surface area contributed by atoms with E-state index in [0.29, 0.717) is 34.0 Å². The molecule has 5 N–H and O–H groups in total. The first-order chi connectivity index (χ1) is 15.0. The van der Waals surface area contributed by atoms with Crippen molar-refractivity contribution in [3.05, 3.63) is 33.8 Å². The molecule has 0 amide bonds. The van der Waals surface area contributed by atoms with Crippen molar-refractivity contribution in [1.29, 1.82) is 0 Å². The van der Waals surface area contributed by atoms with Gasteiger partial charge in [-0.3, -0.25) is 9.59 Å². The largest absolute Gasteiger partial charge is 0.481 e. The molecule has 0 aliphatic carbocycles. The van der Waals surface area contributed by atoms with Gasteiger partial charge in [0, 0.05) is 25.1 Å². The van der Waals surface area contributed by atoms with Crippen molar-refractivity contribution >= 4 is 41.1 Å². The van der Waals surface area contributed by atoms with E-state index in [0.717, 1.165) is 6.61 Å². The SMILES string of the molecule is COC[C@@H]1[C@@H](c2ccc(Cl)c(Cl)c2)C[C@@H]2CC[C@H]1N2.O=C(O)CC(O)(CC(=O)O)C(=O)O. The highest BCUT2D eigenvalue weighted by Gasteiger charge is 2.42. The van der Waals surface area contributed by atoms with Crippen LogP contribution in [0.3, 0.4) is 0 Å². The van der Waals surface area contributed by atoms with Crippen LogP contribution in [-0.2, 0) is 19.1 Å². The van der Waals surface area contributed by atoms with Crippen LogP contribution in [0.1, 0.15) is 43.6 Å². The van der Waals surface area contributed by atoms with E-state index in [-0.39, 0.29) is 0 Å². The molecule has 32 heavy (non-hydrogen) atoms. The number of aliphatic carboxylic acids is 3. The summed E-state index contributed by atoms with van der Waals surface area (Å²) in [5.41, 5.74) is -1.44. The van der Waals surface area contributed by atoms with Crippen LogP contribution in [0, 0.1) is 5.92 Å². The van der Waals surface area contributed by atoms with Gasteiger partial charge in [0.25, 0.3) is 0 Å². The van der Waals surface area contributed by atoms with Gasteiger partial charge in [-0.25, -0.2) is 4.79 Å². The number of carbonyl (C=O) groups is 3. The Hall–Kier alpha value is -1.91. The maximum atomic E-state index is 10.3. The van der Waals surface area contributed by atoms with Gasteiger partial charge < -0.3 is 30.5 Å². The molecule has 2 aliphatic heterocycles. The van der Waals surface area contributed by atoms with Crippen molar-refractivity contribution in [2.75, 3.05) is 13.7 Å². The summed E-state index contributed by atoms with van der Waals surface area (Å²) in [7, 11) is 1.78. The Bertz CT molecular complexity index is 833. The number of benzene rings is 1. The maximum absolute atomic E-state index is 10.3. The Balaban J connectivity index is 0.000000247. The van der Waals surface area contributed by atoms with Gasteiger partial charge in [-0.2, -0.15) is 0 Å². The molecule has 1 aromatic rings. The summed E-state index contributed by atoms with van der Waals surface area (Å²) in [6.07, 6.45) is 1.42. The lowest BCUT2D eigenvalue weighted by molar-refractivity contribution is -0.170. The summed E-state index contributed by atoms with van der Waals surface area (Å²) in [6.45, 7) is 0.801. The zero-order valence-corrected chi connectivity index (χ0v) is 19.0. The topological polar surface area (TPSA) is 153 Å². The van der Waals surface area contributed by atoms with E-state index in [9.17, 15) is 14.4 Å². The van der Waals surface area contributed by atoms with Crippen molar-refractivity contribution in [2.24, 2.45) is 5.92 Å². The lowest BCUT2D eigenvalue weighted by Gasteiger charge is -2.37. The quantitative estimate of drug-likeness (QED) is 0.369. The number of rotatable bonds is 8. The molecule has 2 bridgehead atoms. The van der Waals surface area contributed by atoms with Gasteiger partial charge in [0.15, 0.2) is 5.60 Å². The van der Waals surface area contributed by atoms with E-state index < -0.39 is 36.4 Å². The monoisotopic (exact) mass is 491 g/mol. The smallest absolute Gasteiger partial charge is 0.336 e. The third kappa shape index (κ3) is 6.79. The van der Waals surface area contributed by atoms with E-state index >= 15 is 0 Å². The Labute approximate surface area is 195 Å². The van der Waals surface area contributed by atoms with Crippen LogP contribution in [0.15, 0.2) is 18.2 Å². The molecule has 0 saturated carbocycles. The molecular formula is C21H27Cl2NO8. The molecular weight excluding hydrogens is 465 g/mol. The van der Waals surface area contributed by atoms with Crippen molar-refractivity contribution in [1.82, 2.24) is 5.32 Å². The van der Waals surface area contributed by atoms with Gasteiger partial charge in [-0.1, -0.05) is 29.3 Å². The molecule has 0 spiro atoms. The molecule has 178 valence electrons. The second-order valence-electron chi connectivity index (χ2n) is 8.16. The van der Waals surface area contributed by atoms with Gasteiger partial charge in [0.05, 0.1) is 29.5 Å². The number of methoxy groups -OCH3 is 1. The van der Waals surface area contributed by atoms with Crippen LogP contribution >= 0.6 is 23.2 Å². The highest BCUT2D eigenvalue weighted by molar-refractivity contribution is 6.42. The number of hydrogen-bond acceptors (Lipinski definition) is 6. The number of carboxylic acids is 3. The molecule has 9 nitrogen and oxygen atoms in total. The molecule has 0 radical (unpaired) electrons. The minimum atomic E-state index is -2.74. The molecule has 2 saturated heterocycles. The van der Waals surface area contributed by atoms with Crippen LogP contribution in [0.5, 0.6) is 0 Å². The van der Waals surface area contributed by atoms with Crippen LogP contribution in [0.2, 0.25) is 10.0 Å². The van der Waals surface area contributed by atoms with Crippen LogP contribution in [-0.4, -0.2) is 69.7 Å². The first-order valence-corrected chi connectivity index (χ1v) is 10.8. The fourth-order valence-electron chi connectivity index (χ4n) is 4.40. The van der Waals surface area contributed by atoms with Gasteiger partial charge in [0.1, 0.15) is 0 Å². The number of nitrogens with one attached hydrogen (secondary N) is 1. The maximum Gasteiger partial charge on any atom is 0.336 e. The van der Waals surface area contributed by atoms with Crippen LogP contribution in [0.4, 0.5) is 0 Å². The number of piperidine rings is 1. The number of carboxylic acid groups (broad SMARTS) is 3. The van der Waals surface area contributed by atoms with Crippen LogP contribution < -0.4 is 5.32 Å². The third-order valence-electron chi connectivity index (χ3n) is 5.86. The number of aliphatic hydroxyl groups is 1. The number of ether oxygens (including phenoxy) is 1. The fraction of sp³-hybridized carbons (Fsp3) is 0.571. The summed E-state index contributed by atoms with van der Waals surface area (Å²) in [4.78, 5) is 30.5. The van der Waals surface area contributed by atoms with E-state index in [1.54, 1.807) is 7.11 Å². The molecule has 0 unspecified atom stereocenters. The third-order valence-corrected chi connectivity index (χ3v) is 6.60. The van der Waals surface area contributed by atoms with Gasteiger partial charge in [-0.05, 0) is 42.9 Å². The summed E-state index contributed by atoms with van der Waals surface area (Å²) in [5, 5.41) is 38.8. The fourth-order valence-corrected chi connectivity index (χ4v) is 4.71. The lowest BCUT2D eigenvalue weighted by Crippen LogP contribution is -2.46. The summed E-state index contributed by atoms with van der Waals surface area (Å²) < 4.78 is 5.44. The predicted molar refractivity (Wildman–Crippen MR) is 116 cm³/mol. The standard InChI is InChI=1S/C15H19Cl2NO.C6H8O7/c1-19-8-12-11(7-10-3-5-15(12)18-10)9-2-4-13(16)14(17)6-9;7-3(8)1-6(13,5(11)12)2-4(9)10/h2,4,6,10-12,15,18H,3,5,7-8H2,1H3;13H,1-2H2,(H,7,8)(H,9,10)(H,11,12)/t10-,11+,12+,15+;/m0./s1. The van der Waals surface area contributed by atoms with E-state index in [1.807, 2.05) is 12.1 Å². The molecule has 0 aromatic heterocycles. The number of hydrogen-bond donors (Lipinski definition) is 5. The second-order valence-corrected chi connectivity index (χ2v) is 8.97. The zero-order valence-electron chi connectivity index (χ0n) is 17.5. The molecule has 2 aliphatic rings. The Morgan fingerprint density at radius 2 is 1.72 bits per heavy atom. The number of fused-ring (bicyclic) bond motifs is 2. The predicted octanol–water partition coefficient (Wildman–Crippen LogP) is 2.62. The highest BCUT2D eigenvalue weighted by atomic mass is 35.5. The minimum Gasteiger partial charge on any atom is -0.481 e. The molecule has 1 aromatic carbocycles. The van der Waals surface area contributed by atoms with Gasteiger partial charge in [0.2, 0.25) is 0 Å². The summed E-state index contributed by atoms with van der Waals surface area (Å²) >= 11 is 12.2. The zero-order chi connectivity index (χ0) is 24.1. The minimum absolute atomic E-state index is 0.522. The van der Waals surface area contributed by atoms with Crippen molar-refractivity contribution in [3.8, 4) is 0 Å². The van der Waals surface area contributed by atoms with Crippen molar-refractivity contribution in [3.63, 3.8) is 0 Å². The Kier molecular flexibility index (Phi) is 9.29.